The van der Waals surface area contributed by atoms with E-state index in [0.717, 1.165) is 12.2 Å². The van der Waals surface area contributed by atoms with Crippen molar-refractivity contribution < 1.29 is 0 Å². The van der Waals surface area contributed by atoms with Gasteiger partial charge in [0.25, 0.3) is 0 Å². The van der Waals surface area contributed by atoms with E-state index in [1.54, 1.807) is 17.4 Å². The van der Waals surface area contributed by atoms with E-state index in [1.807, 2.05) is 12.1 Å². The zero-order valence-electron chi connectivity index (χ0n) is 9.53. The molecule has 0 unspecified atom stereocenters. The van der Waals surface area contributed by atoms with Gasteiger partial charge in [-0.1, -0.05) is 6.07 Å². The van der Waals surface area contributed by atoms with Gasteiger partial charge in [0.2, 0.25) is 0 Å². The average molecular weight is 243 g/mol. The average Bonchev–Trinajstić information content (AvgIpc) is 2.74. The van der Waals surface area contributed by atoms with Crippen LogP contribution < -0.4 is 11.1 Å². The second-order valence-corrected chi connectivity index (χ2v) is 5.12. The minimum Gasteiger partial charge on any atom is -0.396 e. The lowest BCUT2D eigenvalue weighted by Crippen LogP contribution is -2.02. The Morgan fingerprint density at radius 2 is 2.18 bits per heavy atom. The summed E-state index contributed by atoms with van der Waals surface area (Å²) in [5.41, 5.74) is 7.72. The van der Waals surface area contributed by atoms with E-state index in [2.05, 4.69) is 30.4 Å². The molecule has 0 spiro atoms. The van der Waals surface area contributed by atoms with Crippen LogP contribution in [0.4, 0.5) is 11.4 Å². The van der Waals surface area contributed by atoms with Crippen molar-refractivity contribution in [3.63, 3.8) is 0 Å². The molecular formula is C13H13N3S. The minimum absolute atomic E-state index is 0.511. The molecule has 4 heteroatoms. The Hall–Kier alpha value is -1.99. The summed E-state index contributed by atoms with van der Waals surface area (Å²) in [6, 6.07) is 11.7. The Kier molecular flexibility index (Phi) is 3.31. The Balaban J connectivity index is 2.12. The van der Waals surface area contributed by atoms with Crippen LogP contribution in [0.1, 0.15) is 15.3 Å². The normalized spacial score (nSPS) is 9.88. The van der Waals surface area contributed by atoms with E-state index < -0.39 is 0 Å². The molecule has 0 radical (unpaired) electrons. The fourth-order valence-electron chi connectivity index (χ4n) is 1.58. The highest BCUT2D eigenvalue weighted by molar-refractivity contribution is 7.11. The summed E-state index contributed by atoms with van der Waals surface area (Å²) < 4.78 is 0. The predicted molar refractivity (Wildman–Crippen MR) is 72.0 cm³/mol. The van der Waals surface area contributed by atoms with Crippen LogP contribution in [0.3, 0.4) is 0 Å². The van der Waals surface area contributed by atoms with E-state index >= 15 is 0 Å². The van der Waals surface area contributed by atoms with Gasteiger partial charge in [-0.25, -0.2) is 0 Å². The van der Waals surface area contributed by atoms with Crippen LogP contribution >= 0.6 is 11.3 Å². The van der Waals surface area contributed by atoms with Crippen molar-refractivity contribution in [2.24, 2.45) is 0 Å². The first-order chi connectivity index (χ1) is 8.20. The van der Waals surface area contributed by atoms with Crippen LogP contribution in [0.2, 0.25) is 0 Å². The van der Waals surface area contributed by atoms with Gasteiger partial charge in [-0.15, -0.1) is 11.3 Å². The SMILES string of the molecule is Cc1ccc(CNc2cccc(C#N)c2N)s1. The fourth-order valence-corrected chi connectivity index (χ4v) is 2.41. The molecule has 86 valence electrons. The lowest BCUT2D eigenvalue weighted by molar-refractivity contribution is 1.19. The van der Waals surface area contributed by atoms with Crippen LogP contribution in [0.25, 0.3) is 0 Å². The number of benzene rings is 1. The third kappa shape index (κ3) is 2.58. The number of anilines is 2. The van der Waals surface area contributed by atoms with Gasteiger partial charge in [0.1, 0.15) is 6.07 Å². The zero-order valence-corrected chi connectivity index (χ0v) is 10.3. The van der Waals surface area contributed by atoms with Crippen molar-refractivity contribution >= 4 is 22.7 Å². The Bertz CT molecular complexity index is 566. The molecule has 1 heterocycles. The second kappa shape index (κ2) is 4.89. The van der Waals surface area contributed by atoms with Gasteiger partial charge in [-0.05, 0) is 31.2 Å². The Morgan fingerprint density at radius 3 is 2.82 bits per heavy atom. The summed E-state index contributed by atoms with van der Waals surface area (Å²) in [5, 5.41) is 12.1. The van der Waals surface area contributed by atoms with Crippen LogP contribution in [0.15, 0.2) is 30.3 Å². The molecule has 0 aliphatic carbocycles. The van der Waals surface area contributed by atoms with Crippen molar-refractivity contribution in [2.75, 3.05) is 11.1 Å². The van der Waals surface area contributed by atoms with E-state index in [4.69, 9.17) is 11.0 Å². The smallest absolute Gasteiger partial charge is 0.101 e. The van der Waals surface area contributed by atoms with Crippen LogP contribution in [-0.2, 0) is 6.54 Å². The number of thiophene rings is 1. The van der Waals surface area contributed by atoms with E-state index in [-0.39, 0.29) is 0 Å². The highest BCUT2D eigenvalue weighted by atomic mass is 32.1. The molecule has 0 amide bonds. The van der Waals surface area contributed by atoms with Crippen molar-refractivity contribution in [3.8, 4) is 6.07 Å². The molecule has 3 N–H and O–H groups in total. The molecule has 2 aromatic rings. The lowest BCUT2D eigenvalue weighted by Gasteiger charge is -2.08. The summed E-state index contributed by atoms with van der Waals surface area (Å²) in [5.74, 6) is 0. The molecule has 0 saturated heterocycles. The summed E-state index contributed by atoms with van der Waals surface area (Å²) in [7, 11) is 0. The van der Waals surface area contributed by atoms with E-state index in [0.29, 0.717) is 11.3 Å². The molecule has 17 heavy (non-hydrogen) atoms. The Morgan fingerprint density at radius 1 is 1.35 bits per heavy atom. The van der Waals surface area contributed by atoms with Gasteiger partial charge in [0, 0.05) is 16.3 Å². The third-order valence-corrected chi connectivity index (χ3v) is 3.48. The lowest BCUT2D eigenvalue weighted by atomic mass is 10.1. The first-order valence-corrected chi connectivity index (χ1v) is 6.10. The number of nitrogens with one attached hydrogen (secondary N) is 1. The molecule has 2 rings (SSSR count). The topological polar surface area (TPSA) is 61.8 Å². The summed E-state index contributed by atoms with van der Waals surface area (Å²) >= 11 is 1.75. The first-order valence-electron chi connectivity index (χ1n) is 5.28. The van der Waals surface area contributed by atoms with Crippen molar-refractivity contribution in [3.05, 3.63) is 45.6 Å². The molecule has 1 aromatic heterocycles. The van der Waals surface area contributed by atoms with Gasteiger partial charge in [-0.3, -0.25) is 0 Å². The van der Waals surface area contributed by atoms with Crippen LogP contribution in [0, 0.1) is 18.3 Å². The van der Waals surface area contributed by atoms with Crippen molar-refractivity contribution in [1.82, 2.24) is 0 Å². The van der Waals surface area contributed by atoms with Crippen molar-refractivity contribution in [2.45, 2.75) is 13.5 Å². The first kappa shape index (κ1) is 11.5. The number of nitrogens with two attached hydrogens (primary N) is 1. The van der Waals surface area contributed by atoms with Gasteiger partial charge in [0.05, 0.1) is 16.9 Å². The number of aryl methyl sites for hydroxylation is 1. The molecule has 1 aromatic carbocycles. The molecule has 0 atom stereocenters. The Labute approximate surface area is 105 Å². The number of nitriles is 1. The van der Waals surface area contributed by atoms with Gasteiger partial charge >= 0.3 is 0 Å². The maximum Gasteiger partial charge on any atom is 0.101 e. The number of nitrogen functional groups attached to an aromatic ring is 1. The molecule has 0 fully saturated rings. The zero-order chi connectivity index (χ0) is 12.3. The number of hydrogen-bond donors (Lipinski definition) is 2. The predicted octanol–water partition coefficient (Wildman–Crippen LogP) is 3.12. The van der Waals surface area contributed by atoms with Crippen LogP contribution in [-0.4, -0.2) is 0 Å². The number of para-hydroxylation sites is 1. The fraction of sp³-hybridized carbons (Fsp3) is 0.154. The largest absolute Gasteiger partial charge is 0.396 e. The molecule has 0 aliphatic rings. The maximum absolute atomic E-state index is 8.88. The quantitative estimate of drug-likeness (QED) is 0.814. The van der Waals surface area contributed by atoms with Gasteiger partial charge in [0.15, 0.2) is 0 Å². The molecule has 3 nitrogen and oxygen atoms in total. The molecule has 0 bridgehead atoms. The monoisotopic (exact) mass is 243 g/mol. The maximum atomic E-state index is 8.88. The van der Waals surface area contributed by atoms with Gasteiger partial charge < -0.3 is 11.1 Å². The number of nitrogens with zero attached hydrogens (tertiary/aromatic N) is 1. The van der Waals surface area contributed by atoms with Crippen LogP contribution in [0.5, 0.6) is 0 Å². The molecule has 0 saturated carbocycles. The molecule has 0 aliphatic heterocycles. The van der Waals surface area contributed by atoms with E-state index in [9.17, 15) is 0 Å². The highest BCUT2D eigenvalue weighted by Crippen LogP contribution is 2.23. The van der Waals surface area contributed by atoms with Gasteiger partial charge in [-0.2, -0.15) is 5.26 Å². The second-order valence-electron chi connectivity index (χ2n) is 3.74. The summed E-state index contributed by atoms with van der Waals surface area (Å²) in [4.78, 5) is 2.55. The third-order valence-electron chi connectivity index (χ3n) is 2.48. The highest BCUT2D eigenvalue weighted by Gasteiger charge is 2.04. The summed E-state index contributed by atoms with van der Waals surface area (Å²) in [6.07, 6.45) is 0. The number of hydrogen-bond acceptors (Lipinski definition) is 4. The van der Waals surface area contributed by atoms with Crippen molar-refractivity contribution in [1.29, 1.82) is 5.26 Å². The molecular weight excluding hydrogens is 230 g/mol. The summed E-state index contributed by atoms with van der Waals surface area (Å²) in [6.45, 7) is 2.82. The minimum atomic E-state index is 0.511. The standard InChI is InChI=1S/C13H13N3S/c1-9-5-6-11(17-9)8-16-12-4-2-3-10(7-14)13(12)15/h2-6,16H,8,15H2,1H3. The number of rotatable bonds is 3. The van der Waals surface area contributed by atoms with E-state index in [1.165, 1.54) is 9.75 Å².